The summed E-state index contributed by atoms with van der Waals surface area (Å²) >= 11 is 0. The predicted octanol–water partition coefficient (Wildman–Crippen LogP) is 12.8. The van der Waals surface area contributed by atoms with Crippen molar-refractivity contribution in [2.24, 2.45) is 0 Å². The summed E-state index contributed by atoms with van der Waals surface area (Å²) < 4.78 is 4.91. The summed E-state index contributed by atoms with van der Waals surface area (Å²) in [7, 11) is 0. The zero-order valence-electron chi connectivity index (χ0n) is 30.1. The Bertz CT molecular complexity index is 2450. The van der Waals surface area contributed by atoms with E-state index in [1.165, 1.54) is 77.2 Å². The minimum Gasteiger partial charge on any atom is -0.309 e. The Labute approximate surface area is 290 Å². The van der Waals surface area contributed by atoms with E-state index in [0.29, 0.717) is 0 Å². The molecule has 0 saturated carbocycles. The normalized spacial score (nSPS) is 12.9. The lowest BCUT2D eigenvalue weighted by atomic mass is 9.78. The highest BCUT2D eigenvalue weighted by Crippen LogP contribution is 2.40. The molecule has 8 rings (SSSR count). The number of hydrogen-bond donors (Lipinski definition) is 0. The fourth-order valence-electron chi connectivity index (χ4n) is 7.67. The largest absolute Gasteiger partial charge is 0.309 e. The van der Waals surface area contributed by atoms with Gasteiger partial charge in [0, 0.05) is 38.3 Å². The summed E-state index contributed by atoms with van der Waals surface area (Å²) in [6.07, 6.45) is 0. The number of para-hydroxylation sites is 1. The highest BCUT2D eigenvalue weighted by molar-refractivity contribution is 6.12. The molecule has 0 N–H and O–H groups in total. The third-order valence-electron chi connectivity index (χ3n) is 10.7. The van der Waals surface area contributed by atoms with Crippen molar-refractivity contribution in [2.45, 2.75) is 71.6 Å². The molecular weight excluding hydrogens is 593 g/mol. The number of rotatable bonds is 4. The topological polar surface area (TPSA) is 9.86 Å². The van der Waals surface area contributed by atoms with Gasteiger partial charge in [-0.05, 0) is 93.7 Å². The van der Waals surface area contributed by atoms with E-state index in [0.717, 1.165) is 0 Å². The van der Waals surface area contributed by atoms with Gasteiger partial charge in [-0.25, -0.2) is 0 Å². The summed E-state index contributed by atoms with van der Waals surface area (Å²) in [4.78, 5) is 0. The molecule has 49 heavy (non-hydrogen) atoms. The van der Waals surface area contributed by atoms with Gasteiger partial charge >= 0.3 is 0 Å². The molecular formula is C47H46N2. The Balaban J connectivity index is 1.35. The second-order valence-corrected chi connectivity index (χ2v) is 16.4. The van der Waals surface area contributed by atoms with E-state index in [-0.39, 0.29) is 16.2 Å². The van der Waals surface area contributed by atoms with Gasteiger partial charge in [0.05, 0.1) is 22.1 Å². The van der Waals surface area contributed by atoms with E-state index < -0.39 is 0 Å². The molecule has 2 heteroatoms. The van der Waals surface area contributed by atoms with Crippen LogP contribution in [0, 0.1) is 0 Å². The highest BCUT2D eigenvalue weighted by Gasteiger charge is 2.25. The van der Waals surface area contributed by atoms with Crippen LogP contribution < -0.4 is 0 Å². The third kappa shape index (κ3) is 5.08. The maximum atomic E-state index is 2.47. The first kappa shape index (κ1) is 31.2. The number of nitrogens with zero attached hydrogens (tertiary/aromatic N) is 2. The number of fused-ring (bicyclic) bond motifs is 6. The first-order valence-electron chi connectivity index (χ1n) is 17.6. The first-order valence-corrected chi connectivity index (χ1v) is 17.6. The van der Waals surface area contributed by atoms with Gasteiger partial charge in [-0.3, -0.25) is 0 Å². The van der Waals surface area contributed by atoms with Crippen LogP contribution in [0.5, 0.6) is 0 Å². The molecule has 0 fully saturated rings. The van der Waals surface area contributed by atoms with Crippen molar-refractivity contribution in [1.82, 2.24) is 9.13 Å². The summed E-state index contributed by atoms with van der Waals surface area (Å²) in [5.74, 6) is 0. The first-order chi connectivity index (χ1) is 23.3. The molecule has 0 aliphatic heterocycles. The van der Waals surface area contributed by atoms with Crippen LogP contribution >= 0.6 is 0 Å². The lowest BCUT2D eigenvalue weighted by Gasteiger charge is -2.27. The van der Waals surface area contributed by atoms with Crippen LogP contribution in [0.3, 0.4) is 0 Å². The molecule has 2 aromatic heterocycles. The highest BCUT2D eigenvalue weighted by atomic mass is 15.0. The Morgan fingerprint density at radius 1 is 0.327 bits per heavy atom. The van der Waals surface area contributed by atoms with Crippen molar-refractivity contribution in [1.29, 1.82) is 0 Å². The van der Waals surface area contributed by atoms with E-state index in [1.54, 1.807) is 0 Å². The van der Waals surface area contributed by atoms with Crippen LogP contribution in [0.25, 0.3) is 55.0 Å². The molecule has 0 bridgehead atoms. The molecule has 0 aliphatic rings. The summed E-state index contributed by atoms with van der Waals surface area (Å²) in [5, 5.41) is 5.15. The van der Waals surface area contributed by atoms with E-state index in [1.807, 2.05) is 0 Å². The fourth-order valence-corrected chi connectivity index (χ4v) is 7.67. The van der Waals surface area contributed by atoms with Gasteiger partial charge in [0.1, 0.15) is 0 Å². The molecule has 8 aromatic rings. The molecule has 0 amide bonds. The summed E-state index contributed by atoms with van der Waals surface area (Å²) in [6, 6.07) is 50.0. The second kappa shape index (κ2) is 11.0. The molecule has 0 radical (unpaired) electrons. The fraction of sp³-hybridized carbons (Fsp3) is 0.234. The quantitative estimate of drug-likeness (QED) is 0.181. The number of hydrogen-bond acceptors (Lipinski definition) is 0. The maximum Gasteiger partial charge on any atom is 0.0542 e. The lowest BCUT2D eigenvalue weighted by Crippen LogP contribution is -2.19. The van der Waals surface area contributed by atoms with Gasteiger partial charge in [-0.1, -0.05) is 128 Å². The van der Waals surface area contributed by atoms with Crippen LogP contribution in [-0.4, -0.2) is 9.13 Å². The van der Waals surface area contributed by atoms with Gasteiger partial charge in [0.2, 0.25) is 0 Å². The van der Waals surface area contributed by atoms with Gasteiger partial charge in [-0.15, -0.1) is 0 Å². The molecule has 0 spiro atoms. The zero-order chi connectivity index (χ0) is 34.3. The van der Waals surface area contributed by atoms with Crippen LogP contribution in [0.1, 0.15) is 77.6 Å². The molecule has 2 nitrogen and oxygen atoms in total. The van der Waals surface area contributed by atoms with Crippen molar-refractivity contribution in [3.63, 3.8) is 0 Å². The van der Waals surface area contributed by atoms with Crippen molar-refractivity contribution in [2.75, 3.05) is 0 Å². The molecule has 2 heterocycles. The summed E-state index contributed by atoms with van der Waals surface area (Å²) in [5.41, 5.74) is 12.6. The Kier molecular flexibility index (Phi) is 6.99. The Morgan fingerprint density at radius 3 is 1.39 bits per heavy atom. The van der Waals surface area contributed by atoms with Crippen LogP contribution in [0.4, 0.5) is 0 Å². The zero-order valence-corrected chi connectivity index (χ0v) is 30.1. The summed E-state index contributed by atoms with van der Waals surface area (Å²) in [6.45, 7) is 18.4. The van der Waals surface area contributed by atoms with Crippen LogP contribution in [0.15, 0.2) is 133 Å². The Hall–Kier alpha value is -5.08. The average Bonchev–Trinajstić information content (AvgIpc) is 3.59. The minimum atomic E-state index is -0.126. The van der Waals surface area contributed by atoms with E-state index in [2.05, 4.69) is 198 Å². The molecule has 0 saturated heterocycles. The van der Waals surface area contributed by atoms with Crippen molar-refractivity contribution < 1.29 is 0 Å². The monoisotopic (exact) mass is 638 g/mol. The van der Waals surface area contributed by atoms with Gasteiger partial charge < -0.3 is 9.13 Å². The van der Waals surface area contributed by atoms with Crippen LogP contribution in [0.2, 0.25) is 0 Å². The van der Waals surface area contributed by atoms with E-state index in [4.69, 9.17) is 0 Å². The second-order valence-electron chi connectivity index (χ2n) is 16.4. The standard InChI is InChI=1S/C47H46N2/c1-45(2,3)32-21-24-42-38(28-32)39-29-33(46(4,5)6)22-25-43(39)49(42)36-23-26-44-40(30-36)37-19-12-13-20-41(37)48(44)35-18-14-17-34(27-35)47(7,8)31-15-10-9-11-16-31/h9-30H,1-8H3. The molecule has 244 valence electrons. The minimum absolute atomic E-state index is 0.0681. The van der Waals surface area contributed by atoms with E-state index >= 15 is 0 Å². The average molecular weight is 639 g/mol. The number of aromatic nitrogens is 2. The van der Waals surface area contributed by atoms with Crippen molar-refractivity contribution >= 4 is 43.6 Å². The van der Waals surface area contributed by atoms with Crippen molar-refractivity contribution in [3.05, 3.63) is 156 Å². The molecule has 0 unspecified atom stereocenters. The van der Waals surface area contributed by atoms with Crippen LogP contribution in [-0.2, 0) is 16.2 Å². The SMILES string of the molecule is CC(C)(C)c1ccc2c(c1)c1cc(C(C)(C)C)ccc1n2-c1ccc2c(c1)c1ccccc1n2-c1cccc(C(C)(C)c2ccccc2)c1. The number of benzene rings is 6. The molecule has 6 aromatic carbocycles. The van der Waals surface area contributed by atoms with Gasteiger partial charge in [0.25, 0.3) is 0 Å². The van der Waals surface area contributed by atoms with Gasteiger partial charge in [-0.2, -0.15) is 0 Å². The van der Waals surface area contributed by atoms with E-state index in [9.17, 15) is 0 Å². The maximum absolute atomic E-state index is 2.47. The molecule has 0 aliphatic carbocycles. The smallest absolute Gasteiger partial charge is 0.0542 e. The van der Waals surface area contributed by atoms with Gasteiger partial charge in [0.15, 0.2) is 0 Å². The van der Waals surface area contributed by atoms with Crippen molar-refractivity contribution in [3.8, 4) is 11.4 Å². The third-order valence-corrected chi connectivity index (χ3v) is 10.7. The molecule has 0 atom stereocenters. The lowest BCUT2D eigenvalue weighted by molar-refractivity contribution is 0.590. The predicted molar refractivity (Wildman–Crippen MR) is 211 cm³/mol. The Morgan fingerprint density at radius 2 is 0.796 bits per heavy atom.